The van der Waals surface area contributed by atoms with Gasteiger partial charge in [0.25, 0.3) is 0 Å². The molecule has 0 aliphatic rings. The van der Waals surface area contributed by atoms with E-state index in [2.05, 4.69) is 5.10 Å². The predicted octanol–water partition coefficient (Wildman–Crippen LogP) is 4.42. The Hall–Kier alpha value is -2.60. The molecule has 0 bridgehead atoms. The van der Waals surface area contributed by atoms with E-state index in [9.17, 15) is 18.0 Å². The van der Waals surface area contributed by atoms with E-state index in [0.717, 1.165) is 22.9 Å². The molecular formula is C16H8ClF3N2O. The van der Waals surface area contributed by atoms with Gasteiger partial charge in [0.1, 0.15) is 28.3 Å². The second kappa shape index (κ2) is 5.89. The van der Waals surface area contributed by atoms with Crippen LogP contribution in [0.1, 0.15) is 10.4 Å². The van der Waals surface area contributed by atoms with Crippen LogP contribution in [0.25, 0.3) is 16.9 Å². The van der Waals surface area contributed by atoms with E-state index in [1.165, 1.54) is 24.3 Å². The fraction of sp³-hybridized carbons (Fsp3) is 0. The maximum absolute atomic E-state index is 13.9. The largest absolute Gasteiger partial charge is 0.298 e. The van der Waals surface area contributed by atoms with Gasteiger partial charge >= 0.3 is 0 Å². The summed E-state index contributed by atoms with van der Waals surface area (Å²) in [5.74, 6) is -1.87. The second-order valence-corrected chi connectivity index (χ2v) is 5.04. The normalized spacial score (nSPS) is 10.8. The SMILES string of the molecule is O=Cc1c(-c2cc(F)ccc2F)nn(-c2ccc(F)cc2)c1Cl. The summed E-state index contributed by atoms with van der Waals surface area (Å²) < 4.78 is 41.5. The molecule has 2 aromatic carbocycles. The molecule has 3 rings (SSSR count). The zero-order valence-electron chi connectivity index (χ0n) is 11.4. The highest BCUT2D eigenvalue weighted by Gasteiger charge is 2.21. The lowest BCUT2D eigenvalue weighted by molar-refractivity contribution is 0.112. The van der Waals surface area contributed by atoms with Gasteiger partial charge in [0.05, 0.1) is 11.3 Å². The van der Waals surface area contributed by atoms with Crippen LogP contribution in [-0.2, 0) is 0 Å². The zero-order valence-corrected chi connectivity index (χ0v) is 12.2. The van der Waals surface area contributed by atoms with E-state index in [1.54, 1.807) is 0 Å². The molecule has 0 fully saturated rings. The lowest BCUT2D eigenvalue weighted by Crippen LogP contribution is -1.97. The standard InChI is InChI=1S/C16H8ClF3N2O/c17-16-13(8-23)15(12-7-10(19)3-6-14(12)20)21-22(16)11-4-1-9(18)2-5-11/h1-8H. The summed E-state index contributed by atoms with van der Waals surface area (Å²) in [5, 5.41) is 4.00. The zero-order chi connectivity index (χ0) is 16.6. The third kappa shape index (κ3) is 2.73. The summed E-state index contributed by atoms with van der Waals surface area (Å²) >= 11 is 6.11. The first-order valence-electron chi connectivity index (χ1n) is 6.46. The van der Waals surface area contributed by atoms with Gasteiger partial charge in [0, 0.05) is 5.56 Å². The summed E-state index contributed by atoms with van der Waals surface area (Å²) in [5.41, 5.74) is 0.0178. The van der Waals surface area contributed by atoms with Crippen LogP contribution in [-0.4, -0.2) is 16.1 Å². The van der Waals surface area contributed by atoms with Crippen LogP contribution < -0.4 is 0 Å². The molecule has 0 saturated carbocycles. The summed E-state index contributed by atoms with van der Waals surface area (Å²) in [7, 11) is 0. The maximum Gasteiger partial charge on any atom is 0.155 e. The third-order valence-corrected chi connectivity index (χ3v) is 3.60. The molecule has 0 amide bonds. The molecule has 0 N–H and O–H groups in total. The highest BCUT2D eigenvalue weighted by Crippen LogP contribution is 2.31. The van der Waals surface area contributed by atoms with Crippen molar-refractivity contribution >= 4 is 17.9 Å². The van der Waals surface area contributed by atoms with Crippen LogP contribution in [0.3, 0.4) is 0 Å². The molecule has 3 aromatic rings. The molecule has 0 aliphatic carbocycles. The Bertz CT molecular complexity index is 891. The number of carbonyl (C=O) groups excluding carboxylic acids is 1. The van der Waals surface area contributed by atoms with Crippen molar-refractivity contribution in [1.29, 1.82) is 0 Å². The van der Waals surface area contributed by atoms with Crippen molar-refractivity contribution in [2.75, 3.05) is 0 Å². The van der Waals surface area contributed by atoms with Crippen molar-refractivity contribution in [2.24, 2.45) is 0 Å². The molecule has 116 valence electrons. The Balaban J connectivity index is 2.23. The number of aldehydes is 1. The molecule has 1 aromatic heterocycles. The first kappa shape index (κ1) is 15.3. The average molecular weight is 337 g/mol. The first-order chi connectivity index (χ1) is 11.0. The van der Waals surface area contributed by atoms with Gasteiger partial charge in [0.2, 0.25) is 0 Å². The van der Waals surface area contributed by atoms with Crippen LogP contribution in [0.5, 0.6) is 0 Å². The number of aromatic nitrogens is 2. The van der Waals surface area contributed by atoms with Crippen LogP contribution in [0, 0.1) is 17.5 Å². The van der Waals surface area contributed by atoms with E-state index < -0.39 is 17.5 Å². The summed E-state index contributed by atoms with van der Waals surface area (Å²) in [6.45, 7) is 0. The quantitative estimate of drug-likeness (QED) is 0.663. The maximum atomic E-state index is 13.9. The van der Waals surface area contributed by atoms with Gasteiger partial charge in [-0.1, -0.05) is 11.6 Å². The van der Waals surface area contributed by atoms with E-state index in [-0.39, 0.29) is 22.0 Å². The fourth-order valence-corrected chi connectivity index (χ4v) is 2.41. The van der Waals surface area contributed by atoms with Gasteiger partial charge in [-0.05, 0) is 42.5 Å². The van der Waals surface area contributed by atoms with Gasteiger partial charge < -0.3 is 0 Å². The molecule has 0 unspecified atom stereocenters. The molecule has 0 saturated heterocycles. The minimum Gasteiger partial charge on any atom is -0.298 e. The van der Waals surface area contributed by atoms with Gasteiger partial charge in [-0.15, -0.1) is 0 Å². The lowest BCUT2D eigenvalue weighted by Gasteiger charge is -2.02. The molecule has 0 aliphatic heterocycles. The van der Waals surface area contributed by atoms with Gasteiger partial charge in [0.15, 0.2) is 6.29 Å². The van der Waals surface area contributed by atoms with Crippen molar-refractivity contribution in [2.45, 2.75) is 0 Å². The first-order valence-corrected chi connectivity index (χ1v) is 6.84. The fourth-order valence-electron chi connectivity index (χ4n) is 2.15. The molecule has 1 heterocycles. The number of benzene rings is 2. The number of halogens is 4. The molecule has 0 atom stereocenters. The van der Waals surface area contributed by atoms with Crippen molar-refractivity contribution in [1.82, 2.24) is 9.78 Å². The highest BCUT2D eigenvalue weighted by molar-refractivity contribution is 6.32. The van der Waals surface area contributed by atoms with Crippen LogP contribution in [0.4, 0.5) is 13.2 Å². The van der Waals surface area contributed by atoms with Gasteiger partial charge in [-0.3, -0.25) is 4.79 Å². The molecule has 0 radical (unpaired) electrons. The Labute approximate surface area is 133 Å². The Morgan fingerprint density at radius 3 is 2.30 bits per heavy atom. The number of hydrogen-bond acceptors (Lipinski definition) is 2. The minimum absolute atomic E-state index is 0.0785. The lowest BCUT2D eigenvalue weighted by atomic mass is 10.1. The van der Waals surface area contributed by atoms with E-state index in [4.69, 9.17) is 11.6 Å². The van der Waals surface area contributed by atoms with E-state index in [1.807, 2.05) is 0 Å². The Kier molecular flexibility index (Phi) is 3.92. The van der Waals surface area contributed by atoms with Crippen LogP contribution >= 0.6 is 11.6 Å². The van der Waals surface area contributed by atoms with Crippen molar-refractivity contribution in [3.8, 4) is 16.9 Å². The van der Waals surface area contributed by atoms with E-state index >= 15 is 0 Å². The molecule has 7 heteroatoms. The Morgan fingerprint density at radius 1 is 1.00 bits per heavy atom. The monoisotopic (exact) mass is 336 g/mol. The number of hydrogen-bond donors (Lipinski definition) is 0. The minimum atomic E-state index is -0.741. The van der Waals surface area contributed by atoms with Crippen LogP contribution in [0.2, 0.25) is 5.15 Å². The number of carbonyl (C=O) groups is 1. The molecular weight excluding hydrogens is 329 g/mol. The smallest absolute Gasteiger partial charge is 0.155 e. The summed E-state index contributed by atoms with van der Waals surface area (Å²) in [6.07, 6.45) is 0.412. The molecule has 23 heavy (non-hydrogen) atoms. The topological polar surface area (TPSA) is 34.9 Å². The van der Waals surface area contributed by atoms with Gasteiger partial charge in [-0.25, -0.2) is 17.9 Å². The van der Waals surface area contributed by atoms with Gasteiger partial charge in [-0.2, -0.15) is 5.10 Å². The number of nitrogens with zero attached hydrogens (tertiary/aromatic N) is 2. The van der Waals surface area contributed by atoms with Crippen LogP contribution in [0.15, 0.2) is 42.5 Å². The van der Waals surface area contributed by atoms with Crippen molar-refractivity contribution in [3.63, 3.8) is 0 Å². The average Bonchev–Trinajstić information content (AvgIpc) is 2.87. The molecule has 0 spiro atoms. The summed E-state index contributed by atoms with van der Waals surface area (Å²) in [6, 6.07) is 7.99. The van der Waals surface area contributed by atoms with E-state index in [0.29, 0.717) is 12.0 Å². The second-order valence-electron chi connectivity index (χ2n) is 4.68. The van der Waals surface area contributed by atoms with Crippen molar-refractivity contribution < 1.29 is 18.0 Å². The van der Waals surface area contributed by atoms with Crippen molar-refractivity contribution in [3.05, 3.63) is 70.6 Å². The third-order valence-electron chi connectivity index (χ3n) is 3.24. The molecule has 3 nitrogen and oxygen atoms in total. The highest BCUT2D eigenvalue weighted by atomic mass is 35.5. The number of rotatable bonds is 3. The predicted molar refractivity (Wildman–Crippen MR) is 79.3 cm³/mol. The summed E-state index contributed by atoms with van der Waals surface area (Å²) in [4.78, 5) is 11.3. The Morgan fingerprint density at radius 2 is 1.65 bits per heavy atom.